The molecule has 0 spiro atoms. The van der Waals surface area contributed by atoms with Gasteiger partial charge in [-0.3, -0.25) is 0 Å². The summed E-state index contributed by atoms with van der Waals surface area (Å²) >= 11 is 0. The second-order valence-corrected chi connectivity index (χ2v) is 5.07. The molecule has 0 saturated heterocycles. The van der Waals surface area contributed by atoms with Crippen molar-refractivity contribution in [2.75, 3.05) is 0 Å². The molecule has 0 aromatic heterocycles. The number of carbonyl (C=O) groups excluding carboxylic acids is 2. The predicted octanol–water partition coefficient (Wildman–Crippen LogP) is 2.19. The zero-order valence-corrected chi connectivity index (χ0v) is 15.8. The van der Waals surface area contributed by atoms with E-state index in [4.69, 9.17) is 0 Å². The number of carboxylic acids is 2. The molecule has 0 heterocycles. The van der Waals surface area contributed by atoms with Gasteiger partial charge in [-0.25, -0.2) is 0 Å². The molecule has 0 aliphatic heterocycles. The molecule has 0 atom stereocenters. The number of hydrogen-bond donors (Lipinski definition) is 0. The monoisotopic (exact) mass is 379 g/mol. The summed E-state index contributed by atoms with van der Waals surface area (Å²) in [5.41, 5.74) is 0. The van der Waals surface area contributed by atoms with Crippen molar-refractivity contribution in [2.24, 2.45) is 0 Å². The van der Waals surface area contributed by atoms with Crippen LogP contribution in [-0.2, 0) is 32.0 Å². The van der Waals surface area contributed by atoms with Gasteiger partial charge in [0.25, 0.3) is 0 Å². The van der Waals surface area contributed by atoms with Crippen LogP contribution in [0.4, 0.5) is 0 Å². The summed E-state index contributed by atoms with van der Waals surface area (Å²) in [5, 5.41) is 19.8. The van der Waals surface area contributed by atoms with E-state index in [0.29, 0.717) is 0 Å². The third-order valence-corrected chi connectivity index (χ3v) is 2.97. The van der Waals surface area contributed by atoms with Crippen molar-refractivity contribution in [3.05, 3.63) is 0 Å². The van der Waals surface area contributed by atoms with Crippen molar-refractivity contribution in [1.29, 1.82) is 0 Å². The number of unbranched alkanes of at least 4 members (excludes halogenated alkanes) is 8. The zero-order valence-electron chi connectivity index (χ0n) is 13.6. The summed E-state index contributed by atoms with van der Waals surface area (Å²) in [6.45, 7) is 4.28. The average molecular weight is 379 g/mol. The molecular formula is C16H30NbO4. The van der Waals surface area contributed by atoms with Crippen LogP contribution in [0.5, 0.6) is 0 Å². The maximum absolute atomic E-state index is 9.92. The first-order chi connectivity index (χ1) is 9.54. The minimum Gasteiger partial charge on any atom is -0.550 e. The zero-order chi connectivity index (χ0) is 15.6. The van der Waals surface area contributed by atoms with Gasteiger partial charge in [-0.2, -0.15) is 0 Å². The van der Waals surface area contributed by atoms with Crippen LogP contribution >= 0.6 is 0 Å². The molecule has 4 nitrogen and oxygen atoms in total. The SMILES string of the molecule is CCCCCCCC(=O)[O-].CCCCCCCC(=O)[O-].[Nb+2]. The molecule has 0 amide bonds. The average Bonchev–Trinajstić information content (AvgIpc) is 2.38. The summed E-state index contributed by atoms with van der Waals surface area (Å²) in [5.74, 6) is -1.84. The number of aliphatic carboxylic acids is 2. The maximum atomic E-state index is 9.92. The second kappa shape index (κ2) is 22.0. The molecule has 0 fully saturated rings. The molecule has 0 N–H and O–H groups in total. The van der Waals surface area contributed by atoms with Crippen LogP contribution in [0.1, 0.15) is 90.9 Å². The number of carbonyl (C=O) groups is 2. The van der Waals surface area contributed by atoms with Crippen molar-refractivity contribution in [1.82, 2.24) is 0 Å². The normalized spacial score (nSPS) is 9.24. The van der Waals surface area contributed by atoms with Gasteiger partial charge in [-0.1, -0.05) is 65.2 Å². The minimum absolute atomic E-state index is 0. The Morgan fingerprint density at radius 3 is 1.14 bits per heavy atom. The molecule has 0 aromatic carbocycles. The van der Waals surface area contributed by atoms with Gasteiger partial charge in [-0.05, 0) is 25.7 Å². The Morgan fingerprint density at radius 2 is 0.905 bits per heavy atom. The topological polar surface area (TPSA) is 80.3 Å². The Bertz CT molecular complexity index is 208. The molecule has 21 heavy (non-hydrogen) atoms. The fraction of sp³-hybridized carbons (Fsp3) is 0.875. The second-order valence-electron chi connectivity index (χ2n) is 5.07. The van der Waals surface area contributed by atoms with Gasteiger partial charge in [0.1, 0.15) is 0 Å². The van der Waals surface area contributed by atoms with E-state index in [1.807, 2.05) is 0 Å². The van der Waals surface area contributed by atoms with E-state index in [1.165, 1.54) is 25.7 Å². The summed E-state index contributed by atoms with van der Waals surface area (Å²) in [4.78, 5) is 19.8. The molecule has 0 bridgehead atoms. The van der Waals surface area contributed by atoms with E-state index in [1.54, 1.807) is 0 Å². The van der Waals surface area contributed by atoms with Crippen molar-refractivity contribution in [3.8, 4) is 0 Å². The standard InChI is InChI=1S/2C8H16O2.Nb/c2*1-2-3-4-5-6-7-8(9)10;/h2*2-7H2,1H3,(H,9,10);/q;;+2/p-2. The quantitative estimate of drug-likeness (QED) is 0.385. The smallest absolute Gasteiger partial charge is 0.550 e. The maximum Gasteiger partial charge on any atom is 2.00 e. The van der Waals surface area contributed by atoms with Crippen LogP contribution in [0, 0.1) is 0 Å². The van der Waals surface area contributed by atoms with Crippen molar-refractivity contribution in [3.63, 3.8) is 0 Å². The number of carboxylic acid groups (broad SMARTS) is 2. The van der Waals surface area contributed by atoms with Crippen LogP contribution < -0.4 is 10.2 Å². The third kappa shape index (κ3) is 32.9. The van der Waals surface area contributed by atoms with Crippen molar-refractivity contribution >= 4 is 11.9 Å². The molecule has 0 aromatic rings. The molecule has 1 radical (unpaired) electrons. The van der Waals surface area contributed by atoms with Crippen molar-refractivity contribution < 1.29 is 42.2 Å². The van der Waals surface area contributed by atoms with E-state index in [-0.39, 0.29) is 35.2 Å². The Balaban J connectivity index is -0.000000295. The van der Waals surface area contributed by atoms with Gasteiger partial charge in [0, 0.05) is 11.9 Å². The van der Waals surface area contributed by atoms with E-state index in [0.717, 1.165) is 38.5 Å². The minimum atomic E-state index is -0.920. The Hall–Kier alpha value is -0.320. The van der Waals surface area contributed by atoms with Crippen molar-refractivity contribution in [2.45, 2.75) is 90.9 Å². The summed E-state index contributed by atoms with van der Waals surface area (Å²) in [7, 11) is 0. The largest absolute Gasteiger partial charge is 2.00 e. The van der Waals surface area contributed by atoms with Gasteiger partial charge in [0.2, 0.25) is 0 Å². The number of hydrogen-bond acceptors (Lipinski definition) is 4. The van der Waals surface area contributed by atoms with Gasteiger partial charge < -0.3 is 19.8 Å². The van der Waals surface area contributed by atoms with E-state index < -0.39 is 11.9 Å². The number of rotatable bonds is 12. The Morgan fingerprint density at radius 1 is 0.619 bits per heavy atom. The first-order valence-corrected chi connectivity index (χ1v) is 7.94. The first kappa shape index (κ1) is 25.6. The molecule has 5 heteroatoms. The third-order valence-electron chi connectivity index (χ3n) is 2.97. The van der Waals surface area contributed by atoms with E-state index in [9.17, 15) is 19.8 Å². The van der Waals surface area contributed by atoms with E-state index >= 15 is 0 Å². The van der Waals surface area contributed by atoms with Crippen LogP contribution in [-0.4, -0.2) is 11.9 Å². The molecule has 0 unspecified atom stereocenters. The van der Waals surface area contributed by atoms with Gasteiger partial charge in [0.05, 0.1) is 0 Å². The summed E-state index contributed by atoms with van der Waals surface area (Å²) in [6.07, 6.45) is 11.2. The molecular weight excluding hydrogens is 349 g/mol. The molecule has 0 saturated carbocycles. The molecule has 0 rings (SSSR count). The van der Waals surface area contributed by atoms with Crippen LogP contribution in [0.25, 0.3) is 0 Å². The predicted molar refractivity (Wildman–Crippen MR) is 76.8 cm³/mol. The Labute approximate surface area is 145 Å². The summed E-state index contributed by atoms with van der Waals surface area (Å²) in [6, 6.07) is 0. The molecule has 0 aliphatic carbocycles. The summed E-state index contributed by atoms with van der Waals surface area (Å²) < 4.78 is 0. The first-order valence-electron chi connectivity index (χ1n) is 7.94. The van der Waals surface area contributed by atoms with Gasteiger partial charge >= 0.3 is 22.4 Å². The molecule has 123 valence electrons. The van der Waals surface area contributed by atoms with Crippen LogP contribution in [0.15, 0.2) is 0 Å². The fourth-order valence-electron chi connectivity index (χ4n) is 1.75. The van der Waals surface area contributed by atoms with Gasteiger partial charge in [-0.15, -0.1) is 0 Å². The molecule has 0 aliphatic rings. The van der Waals surface area contributed by atoms with Crippen LogP contribution in [0.3, 0.4) is 0 Å². The Kier molecular flexibility index (Phi) is 26.8. The fourth-order valence-corrected chi connectivity index (χ4v) is 1.75. The van der Waals surface area contributed by atoms with Crippen LogP contribution in [0.2, 0.25) is 0 Å². The van der Waals surface area contributed by atoms with Gasteiger partial charge in [0.15, 0.2) is 0 Å². The van der Waals surface area contributed by atoms with E-state index in [2.05, 4.69) is 13.8 Å².